The lowest BCUT2D eigenvalue weighted by Crippen LogP contribution is -2.11. The van der Waals surface area contributed by atoms with Crippen LogP contribution in [0.25, 0.3) is 16.6 Å². The number of carbonyl (C=O) groups is 2. The van der Waals surface area contributed by atoms with E-state index in [4.69, 9.17) is 0 Å². The average molecular weight is 458 g/mol. The van der Waals surface area contributed by atoms with Gasteiger partial charge in [0.2, 0.25) is 5.13 Å². The van der Waals surface area contributed by atoms with E-state index in [1.165, 1.54) is 18.2 Å². The number of hydrogen-bond acceptors (Lipinski definition) is 7. The largest absolute Gasteiger partial charge is 0.504 e. The lowest BCUT2D eigenvalue weighted by molar-refractivity contribution is 0.102. The molecule has 7 nitrogen and oxygen atoms in total. The van der Waals surface area contributed by atoms with Crippen molar-refractivity contribution in [3.63, 3.8) is 0 Å². The fraction of sp³-hybridized carbons (Fsp3) is 0.0400. The molecular formula is C25H19N3O4S. The summed E-state index contributed by atoms with van der Waals surface area (Å²) in [6.45, 7) is 1.89. The number of nitrogens with zero attached hydrogens (tertiary/aromatic N) is 2. The van der Waals surface area contributed by atoms with Crippen molar-refractivity contribution >= 4 is 34.2 Å². The van der Waals surface area contributed by atoms with Crippen LogP contribution in [0.5, 0.6) is 11.5 Å². The highest BCUT2D eigenvalue weighted by Gasteiger charge is 2.13. The zero-order valence-electron chi connectivity index (χ0n) is 17.5. The summed E-state index contributed by atoms with van der Waals surface area (Å²) >= 11 is 1.14. The smallest absolute Gasteiger partial charge is 0.257 e. The number of aromatic hydroxyl groups is 2. The average Bonchev–Trinajstić information content (AvgIpc) is 3.28. The van der Waals surface area contributed by atoms with Gasteiger partial charge in [-0.05, 0) is 54.5 Å². The van der Waals surface area contributed by atoms with Gasteiger partial charge in [0.15, 0.2) is 17.3 Å². The van der Waals surface area contributed by atoms with Crippen molar-refractivity contribution in [2.75, 3.05) is 5.32 Å². The van der Waals surface area contributed by atoms with Gasteiger partial charge in [0.05, 0.1) is 0 Å². The molecule has 164 valence electrons. The fourth-order valence-electron chi connectivity index (χ4n) is 3.07. The topological polar surface area (TPSA) is 112 Å². The Morgan fingerprint density at radius 2 is 1.70 bits per heavy atom. The number of amides is 1. The molecule has 3 N–H and O–H groups in total. The van der Waals surface area contributed by atoms with E-state index in [0.29, 0.717) is 26.8 Å². The van der Waals surface area contributed by atoms with Gasteiger partial charge >= 0.3 is 0 Å². The summed E-state index contributed by atoms with van der Waals surface area (Å²) in [5.74, 6) is -0.917. The number of phenols is 2. The number of aryl methyl sites for hydroxylation is 1. The molecule has 0 aliphatic rings. The van der Waals surface area contributed by atoms with Crippen LogP contribution in [-0.2, 0) is 0 Å². The number of anilines is 1. The highest BCUT2D eigenvalue weighted by Crippen LogP contribution is 2.33. The van der Waals surface area contributed by atoms with Crippen LogP contribution in [0, 0.1) is 6.92 Å². The predicted molar refractivity (Wildman–Crippen MR) is 128 cm³/mol. The number of rotatable bonds is 6. The number of carbonyl (C=O) groups excluding carboxylic acids is 2. The van der Waals surface area contributed by atoms with E-state index in [-0.39, 0.29) is 23.2 Å². The molecule has 0 fully saturated rings. The van der Waals surface area contributed by atoms with Gasteiger partial charge in [-0.2, -0.15) is 0 Å². The first-order valence-corrected chi connectivity index (χ1v) is 10.8. The first-order chi connectivity index (χ1) is 15.9. The summed E-state index contributed by atoms with van der Waals surface area (Å²) in [5.41, 5.74) is 3.36. The standard InChI is InChI=1S/C25H19N3O4S/c1-15-4-2-3-5-19(15)20(29)12-8-16-6-9-17(10-7-16)23(32)26-25-28-27-24(33-25)18-11-13-21(30)22(31)14-18/h2-14,30-31H,1H3,(H,26,28,32)/b12-8+. The number of ketones is 1. The maximum absolute atomic E-state index is 12.5. The lowest BCUT2D eigenvalue weighted by Gasteiger charge is -2.02. The Kier molecular flexibility index (Phi) is 6.28. The molecule has 1 aromatic heterocycles. The van der Waals surface area contributed by atoms with E-state index < -0.39 is 0 Å². The molecule has 0 spiro atoms. The summed E-state index contributed by atoms with van der Waals surface area (Å²) in [6, 6.07) is 18.5. The molecule has 0 radical (unpaired) electrons. The molecule has 4 aromatic rings. The number of phenolic OH excluding ortho intramolecular Hbond substituents is 2. The molecule has 0 aliphatic carbocycles. The first kappa shape index (κ1) is 21.9. The van der Waals surface area contributed by atoms with E-state index in [0.717, 1.165) is 22.5 Å². The van der Waals surface area contributed by atoms with Crippen molar-refractivity contribution in [1.82, 2.24) is 10.2 Å². The molecule has 0 saturated carbocycles. The summed E-state index contributed by atoms with van der Waals surface area (Å²) in [4.78, 5) is 24.9. The van der Waals surface area contributed by atoms with Gasteiger partial charge in [-0.15, -0.1) is 10.2 Å². The van der Waals surface area contributed by atoms with Crippen molar-refractivity contribution in [3.05, 3.63) is 95.1 Å². The maximum Gasteiger partial charge on any atom is 0.257 e. The van der Waals surface area contributed by atoms with Crippen molar-refractivity contribution in [2.24, 2.45) is 0 Å². The van der Waals surface area contributed by atoms with Gasteiger partial charge in [-0.3, -0.25) is 14.9 Å². The van der Waals surface area contributed by atoms with Gasteiger partial charge < -0.3 is 10.2 Å². The quantitative estimate of drug-likeness (QED) is 0.212. The van der Waals surface area contributed by atoms with E-state index in [1.807, 2.05) is 25.1 Å². The van der Waals surface area contributed by atoms with E-state index in [2.05, 4.69) is 15.5 Å². The molecule has 0 aliphatic heterocycles. The second-order valence-corrected chi connectivity index (χ2v) is 8.18. The summed E-state index contributed by atoms with van der Waals surface area (Å²) in [6.07, 6.45) is 3.22. The van der Waals surface area contributed by atoms with Crippen molar-refractivity contribution in [3.8, 4) is 22.1 Å². The van der Waals surface area contributed by atoms with Crippen LogP contribution in [-0.4, -0.2) is 32.1 Å². The number of allylic oxidation sites excluding steroid dienone is 1. The molecule has 0 saturated heterocycles. The fourth-order valence-corrected chi connectivity index (χ4v) is 3.81. The van der Waals surface area contributed by atoms with Crippen LogP contribution in [0.4, 0.5) is 5.13 Å². The maximum atomic E-state index is 12.5. The SMILES string of the molecule is Cc1ccccc1C(=O)/C=C/c1ccc(C(=O)Nc2nnc(-c3ccc(O)c(O)c3)s2)cc1. The second kappa shape index (κ2) is 9.46. The zero-order valence-corrected chi connectivity index (χ0v) is 18.3. The Balaban J connectivity index is 1.40. The third-order valence-electron chi connectivity index (χ3n) is 4.88. The Bertz CT molecular complexity index is 1360. The Morgan fingerprint density at radius 3 is 2.42 bits per heavy atom. The molecule has 3 aromatic carbocycles. The first-order valence-electron chi connectivity index (χ1n) is 9.96. The van der Waals surface area contributed by atoms with Crippen LogP contribution in [0.15, 0.2) is 72.8 Å². The van der Waals surface area contributed by atoms with E-state index in [1.54, 1.807) is 42.5 Å². The molecular weight excluding hydrogens is 438 g/mol. The molecule has 0 bridgehead atoms. The Hall–Kier alpha value is -4.30. The van der Waals surface area contributed by atoms with Gasteiger partial charge in [-0.25, -0.2) is 0 Å². The molecule has 1 heterocycles. The number of benzene rings is 3. The van der Waals surface area contributed by atoms with Crippen LogP contribution in [0.2, 0.25) is 0 Å². The Labute approximate surface area is 193 Å². The van der Waals surface area contributed by atoms with Crippen LogP contribution < -0.4 is 5.32 Å². The van der Waals surface area contributed by atoms with Crippen molar-refractivity contribution < 1.29 is 19.8 Å². The minimum Gasteiger partial charge on any atom is -0.504 e. The summed E-state index contributed by atoms with van der Waals surface area (Å²) in [5, 5.41) is 30.5. The summed E-state index contributed by atoms with van der Waals surface area (Å²) < 4.78 is 0. The number of nitrogens with one attached hydrogen (secondary N) is 1. The third kappa shape index (κ3) is 5.13. The highest BCUT2D eigenvalue weighted by atomic mass is 32.1. The van der Waals surface area contributed by atoms with Crippen molar-refractivity contribution in [2.45, 2.75) is 6.92 Å². The third-order valence-corrected chi connectivity index (χ3v) is 5.77. The van der Waals surface area contributed by atoms with Gasteiger partial charge in [0.25, 0.3) is 5.91 Å². The van der Waals surface area contributed by atoms with E-state index >= 15 is 0 Å². The highest BCUT2D eigenvalue weighted by molar-refractivity contribution is 7.18. The monoisotopic (exact) mass is 457 g/mol. The lowest BCUT2D eigenvalue weighted by atomic mass is 10.0. The Morgan fingerprint density at radius 1 is 0.939 bits per heavy atom. The second-order valence-electron chi connectivity index (χ2n) is 7.20. The van der Waals surface area contributed by atoms with Crippen molar-refractivity contribution in [1.29, 1.82) is 0 Å². The molecule has 4 rings (SSSR count). The molecule has 1 amide bonds. The zero-order chi connectivity index (χ0) is 23.4. The van der Waals surface area contributed by atoms with Gasteiger partial charge in [0.1, 0.15) is 5.01 Å². The number of hydrogen-bond donors (Lipinski definition) is 3. The molecule has 8 heteroatoms. The summed E-state index contributed by atoms with van der Waals surface area (Å²) in [7, 11) is 0. The number of aromatic nitrogens is 2. The molecule has 33 heavy (non-hydrogen) atoms. The van der Waals surface area contributed by atoms with Crippen LogP contribution in [0.1, 0.15) is 31.8 Å². The van der Waals surface area contributed by atoms with E-state index in [9.17, 15) is 19.8 Å². The van der Waals surface area contributed by atoms with Crippen LogP contribution in [0.3, 0.4) is 0 Å². The van der Waals surface area contributed by atoms with Gasteiger partial charge in [0, 0.05) is 16.7 Å². The molecule has 0 unspecified atom stereocenters. The molecule has 0 atom stereocenters. The minimum atomic E-state index is -0.349. The normalized spacial score (nSPS) is 10.9. The van der Waals surface area contributed by atoms with Crippen LogP contribution >= 0.6 is 11.3 Å². The predicted octanol–water partition coefficient (Wildman–Crippen LogP) is 5.07. The minimum absolute atomic E-state index is 0.0797. The van der Waals surface area contributed by atoms with Gasteiger partial charge in [-0.1, -0.05) is 53.8 Å².